The highest BCUT2D eigenvalue weighted by Gasteiger charge is 2.33. The van der Waals surface area contributed by atoms with Gasteiger partial charge in [-0.1, -0.05) is 6.07 Å². The lowest BCUT2D eigenvalue weighted by Crippen LogP contribution is -2.33. The lowest BCUT2D eigenvalue weighted by atomic mass is 10.2. The summed E-state index contributed by atoms with van der Waals surface area (Å²) in [6.07, 6.45) is 2.40. The highest BCUT2D eigenvalue weighted by atomic mass is 19.1. The molecule has 2 aliphatic heterocycles. The van der Waals surface area contributed by atoms with Crippen LogP contribution in [0.4, 0.5) is 20.6 Å². The Morgan fingerprint density at radius 2 is 2.12 bits per heavy atom. The first-order valence-corrected chi connectivity index (χ1v) is 10.5. The topological polar surface area (TPSA) is 101 Å². The number of pyridine rings is 1. The molecule has 33 heavy (non-hydrogen) atoms. The second kappa shape index (κ2) is 8.45. The third-order valence-electron chi connectivity index (χ3n) is 5.59. The Hall–Kier alpha value is -4.08. The number of anilines is 2. The lowest BCUT2D eigenvalue weighted by Gasteiger charge is -2.20. The average Bonchev–Trinajstić information content (AvgIpc) is 3.40. The molecule has 0 bridgehead atoms. The Balaban J connectivity index is 1.31. The van der Waals surface area contributed by atoms with Gasteiger partial charge >= 0.3 is 6.09 Å². The number of hydrogen-bond acceptors (Lipinski definition) is 7. The highest BCUT2D eigenvalue weighted by molar-refractivity contribution is 5.90. The monoisotopic (exact) mass is 448 g/mol. The van der Waals surface area contributed by atoms with Crippen LogP contribution in [-0.4, -0.2) is 46.1 Å². The van der Waals surface area contributed by atoms with Gasteiger partial charge in [-0.2, -0.15) is 0 Å². The fourth-order valence-corrected chi connectivity index (χ4v) is 3.96. The molecule has 0 aliphatic carbocycles. The molecule has 168 valence electrons. The fourth-order valence-electron chi connectivity index (χ4n) is 3.96. The number of nitrogens with zero attached hydrogens (tertiary/aromatic N) is 5. The van der Waals surface area contributed by atoms with Gasteiger partial charge in [0.2, 0.25) is 5.91 Å². The van der Waals surface area contributed by atoms with E-state index in [4.69, 9.17) is 4.74 Å². The predicted molar refractivity (Wildman–Crippen MR) is 118 cm³/mol. The quantitative estimate of drug-likeness (QED) is 0.640. The number of ether oxygens (including phenoxy) is 1. The van der Waals surface area contributed by atoms with Crippen molar-refractivity contribution in [3.8, 4) is 11.5 Å². The average molecular weight is 448 g/mol. The van der Waals surface area contributed by atoms with Crippen LogP contribution in [0, 0.1) is 5.82 Å². The van der Waals surface area contributed by atoms with Gasteiger partial charge in [-0.3, -0.25) is 14.7 Å². The largest absolute Gasteiger partial charge is 0.442 e. The van der Waals surface area contributed by atoms with Crippen LogP contribution in [0.25, 0.3) is 11.5 Å². The van der Waals surface area contributed by atoms with Crippen molar-refractivity contribution < 1.29 is 18.7 Å². The van der Waals surface area contributed by atoms with E-state index < -0.39 is 18.0 Å². The van der Waals surface area contributed by atoms with Gasteiger partial charge in [0, 0.05) is 31.4 Å². The van der Waals surface area contributed by atoms with Crippen molar-refractivity contribution in [2.24, 2.45) is 0 Å². The van der Waals surface area contributed by atoms with Crippen molar-refractivity contribution in [3.63, 3.8) is 0 Å². The number of cyclic esters (lactones) is 1. The van der Waals surface area contributed by atoms with E-state index in [-0.39, 0.29) is 19.0 Å². The number of benzene rings is 1. The Labute approximate surface area is 189 Å². The van der Waals surface area contributed by atoms with Gasteiger partial charge in [0.1, 0.15) is 17.6 Å². The van der Waals surface area contributed by atoms with Gasteiger partial charge in [-0.05, 0) is 30.3 Å². The second-order valence-electron chi connectivity index (χ2n) is 7.93. The van der Waals surface area contributed by atoms with Gasteiger partial charge in [0.25, 0.3) is 0 Å². The van der Waals surface area contributed by atoms with Gasteiger partial charge in [-0.25, -0.2) is 19.2 Å². The molecule has 9 nitrogen and oxygen atoms in total. The van der Waals surface area contributed by atoms with Crippen molar-refractivity contribution >= 4 is 23.4 Å². The number of rotatable bonds is 5. The molecule has 2 aliphatic rings. The van der Waals surface area contributed by atoms with Gasteiger partial charge in [0.05, 0.1) is 36.7 Å². The molecular weight excluding hydrogens is 427 g/mol. The predicted octanol–water partition coefficient (Wildman–Crippen LogP) is 2.66. The van der Waals surface area contributed by atoms with Crippen LogP contribution in [0.2, 0.25) is 0 Å². The van der Waals surface area contributed by atoms with Crippen molar-refractivity contribution in [2.75, 3.05) is 22.9 Å². The summed E-state index contributed by atoms with van der Waals surface area (Å²) < 4.78 is 20.3. The van der Waals surface area contributed by atoms with E-state index in [1.54, 1.807) is 24.5 Å². The zero-order valence-electron chi connectivity index (χ0n) is 17.9. The van der Waals surface area contributed by atoms with Crippen molar-refractivity contribution in [1.82, 2.24) is 20.3 Å². The van der Waals surface area contributed by atoms with Crippen LogP contribution in [0.1, 0.15) is 18.2 Å². The molecule has 2 aromatic heterocycles. The van der Waals surface area contributed by atoms with Crippen LogP contribution in [0.3, 0.4) is 0 Å². The Kier molecular flexibility index (Phi) is 5.33. The van der Waals surface area contributed by atoms with Gasteiger partial charge in [-0.15, -0.1) is 0 Å². The maximum absolute atomic E-state index is 15.1. The number of fused-ring (bicyclic) bond motifs is 1. The minimum atomic E-state index is -0.566. The van der Waals surface area contributed by atoms with E-state index in [1.165, 1.54) is 17.9 Å². The summed E-state index contributed by atoms with van der Waals surface area (Å²) in [4.78, 5) is 39.8. The van der Waals surface area contributed by atoms with Crippen LogP contribution < -0.4 is 15.1 Å². The molecule has 0 unspecified atom stereocenters. The number of carbonyl (C=O) groups is 2. The van der Waals surface area contributed by atoms with Crippen molar-refractivity contribution in [3.05, 3.63) is 65.9 Å². The first-order valence-electron chi connectivity index (χ1n) is 10.5. The maximum Gasteiger partial charge on any atom is 0.414 e. The number of aromatic nitrogens is 3. The zero-order chi connectivity index (χ0) is 22.9. The van der Waals surface area contributed by atoms with E-state index in [0.717, 1.165) is 11.3 Å². The highest BCUT2D eigenvalue weighted by Crippen LogP contribution is 2.33. The minimum absolute atomic E-state index is 0.205. The van der Waals surface area contributed by atoms with Gasteiger partial charge < -0.3 is 15.0 Å². The maximum atomic E-state index is 15.1. The minimum Gasteiger partial charge on any atom is -0.442 e. The number of amides is 2. The first-order chi connectivity index (χ1) is 16.0. The molecule has 4 heterocycles. The molecule has 1 atom stereocenters. The van der Waals surface area contributed by atoms with Crippen molar-refractivity contribution in [1.29, 1.82) is 0 Å². The third-order valence-corrected chi connectivity index (χ3v) is 5.59. The Morgan fingerprint density at radius 3 is 2.88 bits per heavy atom. The fraction of sp³-hybridized carbons (Fsp3) is 0.261. The van der Waals surface area contributed by atoms with E-state index in [1.807, 2.05) is 23.1 Å². The molecule has 2 amide bonds. The molecular formula is C23H21FN6O3. The summed E-state index contributed by atoms with van der Waals surface area (Å²) in [6.45, 7) is 2.77. The molecule has 5 rings (SSSR count). The molecule has 1 saturated heterocycles. The molecule has 0 saturated carbocycles. The molecule has 3 aromatic rings. The van der Waals surface area contributed by atoms with E-state index in [0.29, 0.717) is 36.0 Å². The molecule has 0 radical (unpaired) electrons. The SMILES string of the molecule is CC(=O)NC[C@H]1CN(c2ccc(N3Cc4cnc(-c5ccccn5)nc4C3)c(F)c2)C(=O)O1. The Bertz CT molecular complexity index is 1220. The second-order valence-corrected chi connectivity index (χ2v) is 7.93. The Morgan fingerprint density at radius 1 is 1.24 bits per heavy atom. The van der Waals surface area contributed by atoms with Crippen molar-refractivity contribution in [2.45, 2.75) is 26.1 Å². The smallest absolute Gasteiger partial charge is 0.414 e. The molecule has 1 N–H and O–H groups in total. The molecule has 10 heteroatoms. The number of carbonyl (C=O) groups excluding carboxylic acids is 2. The van der Waals surface area contributed by atoms with Crippen LogP contribution in [-0.2, 0) is 22.6 Å². The van der Waals surface area contributed by atoms with E-state index in [9.17, 15) is 9.59 Å². The number of halogens is 1. The van der Waals surface area contributed by atoms with Crippen LogP contribution in [0.15, 0.2) is 48.8 Å². The summed E-state index contributed by atoms with van der Waals surface area (Å²) in [5.41, 5.74) is 3.27. The van der Waals surface area contributed by atoms with Crippen LogP contribution in [0.5, 0.6) is 0 Å². The molecule has 1 fully saturated rings. The lowest BCUT2D eigenvalue weighted by molar-refractivity contribution is -0.119. The van der Waals surface area contributed by atoms with E-state index >= 15 is 4.39 Å². The molecule has 0 spiro atoms. The summed E-state index contributed by atoms with van der Waals surface area (Å²) in [5, 5.41) is 2.62. The third kappa shape index (κ3) is 4.19. The summed E-state index contributed by atoms with van der Waals surface area (Å²) in [5.74, 6) is -0.118. The summed E-state index contributed by atoms with van der Waals surface area (Å²) >= 11 is 0. The first kappa shape index (κ1) is 20.8. The molecule has 1 aromatic carbocycles. The van der Waals surface area contributed by atoms with E-state index in [2.05, 4.69) is 20.3 Å². The normalized spacial score (nSPS) is 17.2. The summed E-state index contributed by atoms with van der Waals surface area (Å²) in [7, 11) is 0. The standard InChI is InChI=1S/C23H21FN6O3/c1-14(31)26-10-17-12-30(23(32)33-17)16-5-6-21(18(24)8-16)29-11-15-9-27-22(28-20(15)13-29)19-4-2-3-7-25-19/h2-9,17H,10-13H2,1H3,(H,26,31)/t17-/m0/s1. The van der Waals surface area contributed by atoms with Gasteiger partial charge in [0.15, 0.2) is 5.82 Å². The summed E-state index contributed by atoms with van der Waals surface area (Å²) in [6, 6.07) is 10.2. The zero-order valence-corrected chi connectivity index (χ0v) is 17.9. The van der Waals surface area contributed by atoms with Crippen LogP contribution >= 0.6 is 0 Å². The number of hydrogen-bond donors (Lipinski definition) is 1. The number of nitrogens with one attached hydrogen (secondary N) is 1.